The van der Waals surface area contributed by atoms with E-state index in [-0.39, 0.29) is 12.1 Å². The van der Waals surface area contributed by atoms with Crippen molar-refractivity contribution in [3.63, 3.8) is 0 Å². The van der Waals surface area contributed by atoms with Crippen LogP contribution in [0.4, 0.5) is 0 Å². The molecule has 3 unspecified atom stereocenters. The summed E-state index contributed by atoms with van der Waals surface area (Å²) in [4.78, 5) is 4.85. The lowest BCUT2D eigenvalue weighted by atomic mass is 9.93. The van der Waals surface area contributed by atoms with Gasteiger partial charge in [-0.2, -0.15) is 0 Å². The van der Waals surface area contributed by atoms with Gasteiger partial charge in [0.05, 0.1) is 6.61 Å². The predicted octanol–water partition coefficient (Wildman–Crippen LogP) is 0.619. The summed E-state index contributed by atoms with van der Waals surface area (Å²) in [5.74, 6) is 0.803. The SMILES string of the molecule is CNC(C)(CO)CC(C)N(C)CC1CCN(C)C1. The van der Waals surface area contributed by atoms with Crippen molar-refractivity contribution in [3.8, 4) is 0 Å². The quantitative estimate of drug-likeness (QED) is 0.701. The van der Waals surface area contributed by atoms with Gasteiger partial charge in [0, 0.05) is 24.7 Å². The van der Waals surface area contributed by atoms with Gasteiger partial charge < -0.3 is 20.2 Å². The van der Waals surface area contributed by atoms with Crippen LogP contribution in [0.2, 0.25) is 0 Å². The van der Waals surface area contributed by atoms with Crippen molar-refractivity contribution in [2.75, 3.05) is 47.4 Å². The van der Waals surface area contributed by atoms with Crippen LogP contribution in [0.3, 0.4) is 0 Å². The maximum atomic E-state index is 9.45. The summed E-state index contributed by atoms with van der Waals surface area (Å²) in [7, 11) is 6.33. The van der Waals surface area contributed by atoms with Crippen LogP contribution in [0.25, 0.3) is 0 Å². The summed E-state index contributed by atoms with van der Waals surface area (Å²) >= 11 is 0. The third kappa shape index (κ3) is 4.50. The van der Waals surface area contributed by atoms with Crippen LogP contribution >= 0.6 is 0 Å². The van der Waals surface area contributed by atoms with Crippen molar-refractivity contribution >= 4 is 0 Å². The molecule has 1 rings (SSSR count). The summed E-state index contributed by atoms with van der Waals surface area (Å²) in [5, 5.41) is 12.7. The number of hydrogen-bond acceptors (Lipinski definition) is 4. The summed E-state index contributed by atoms with van der Waals surface area (Å²) in [6, 6.07) is 0.487. The minimum atomic E-state index is -0.167. The molecule has 0 aromatic carbocycles. The van der Waals surface area contributed by atoms with Crippen LogP contribution in [0.15, 0.2) is 0 Å². The Hall–Kier alpha value is -0.160. The fourth-order valence-electron chi connectivity index (χ4n) is 2.82. The summed E-state index contributed by atoms with van der Waals surface area (Å²) in [6.45, 7) is 8.15. The highest BCUT2D eigenvalue weighted by molar-refractivity contribution is 4.86. The first-order valence-electron chi connectivity index (χ1n) is 7.08. The highest BCUT2D eigenvalue weighted by Crippen LogP contribution is 2.19. The molecule has 1 heterocycles. The van der Waals surface area contributed by atoms with Crippen molar-refractivity contribution in [2.45, 2.75) is 38.3 Å². The second-order valence-corrected chi connectivity index (χ2v) is 6.38. The van der Waals surface area contributed by atoms with E-state index in [1.54, 1.807) is 0 Å². The number of rotatable bonds is 7. The molecule has 4 heteroatoms. The Morgan fingerprint density at radius 2 is 2.22 bits per heavy atom. The van der Waals surface area contributed by atoms with Gasteiger partial charge in [0.15, 0.2) is 0 Å². The molecule has 0 aliphatic carbocycles. The van der Waals surface area contributed by atoms with Crippen molar-refractivity contribution in [1.29, 1.82) is 0 Å². The summed E-state index contributed by atoms with van der Waals surface area (Å²) in [5.41, 5.74) is -0.167. The van der Waals surface area contributed by atoms with E-state index in [9.17, 15) is 5.11 Å². The molecule has 3 atom stereocenters. The lowest BCUT2D eigenvalue weighted by Gasteiger charge is -2.35. The Morgan fingerprint density at radius 3 is 2.67 bits per heavy atom. The largest absolute Gasteiger partial charge is 0.394 e. The molecule has 1 fully saturated rings. The van der Waals surface area contributed by atoms with E-state index in [0.29, 0.717) is 6.04 Å². The minimum absolute atomic E-state index is 0.167. The zero-order chi connectivity index (χ0) is 13.8. The lowest BCUT2D eigenvalue weighted by Crippen LogP contribution is -2.49. The molecule has 0 radical (unpaired) electrons. The van der Waals surface area contributed by atoms with E-state index in [2.05, 4.69) is 43.1 Å². The third-order valence-corrected chi connectivity index (χ3v) is 4.49. The number of aliphatic hydroxyl groups excluding tert-OH is 1. The number of likely N-dealkylation sites (tertiary alicyclic amines) is 1. The number of likely N-dealkylation sites (N-methyl/N-ethyl adjacent to an activating group) is 1. The first-order chi connectivity index (χ1) is 8.40. The molecule has 1 aliphatic rings. The first-order valence-corrected chi connectivity index (χ1v) is 7.08. The molecule has 0 amide bonds. The van der Waals surface area contributed by atoms with Crippen molar-refractivity contribution in [3.05, 3.63) is 0 Å². The van der Waals surface area contributed by atoms with E-state index in [4.69, 9.17) is 0 Å². The zero-order valence-electron chi connectivity index (χ0n) is 12.7. The number of nitrogens with zero attached hydrogens (tertiary/aromatic N) is 2. The monoisotopic (exact) mass is 257 g/mol. The lowest BCUT2D eigenvalue weighted by molar-refractivity contribution is 0.125. The fraction of sp³-hybridized carbons (Fsp3) is 1.00. The maximum Gasteiger partial charge on any atom is 0.0611 e. The van der Waals surface area contributed by atoms with Crippen LogP contribution in [-0.2, 0) is 0 Å². The van der Waals surface area contributed by atoms with Gasteiger partial charge in [-0.05, 0) is 60.3 Å². The summed E-state index contributed by atoms with van der Waals surface area (Å²) in [6.07, 6.45) is 2.29. The molecule has 0 saturated carbocycles. The maximum absolute atomic E-state index is 9.45. The molecule has 108 valence electrons. The zero-order valence-corrected chi connectivity index (χ0v) is 12.7. The molecule has 2 N–H and O–H groups in total. The average molecular weight is 257 g/mol. The van der Waals surface area contributed by atoms with Crippen LogP contribution in [0, 0.1) is 5.92 Å². The molecule has 0 bridgehead atoms. The second kappa shape index (κ2) is 6.85. The predicted molar refractivity (Wildman–Crippen MR) is 76.9 cm³/mol. The highest BCUT2D eigenvalue weighted by atomic mass is 16.3. The Morgan fingerprint density at radius 1 is 1.56 bits per heavy atom. The number of hydrogen-bond donors (Lipinski definition) is 2. The van der Waals surface area contributed by atoms with E-state index in [0.717, 1.165) is 18.9 Å². The van der Waals surface area contributed by atoms with Crippen molar-refractivity contribution in [2.24, 2.45) is 5.92 Å². The fourth-order valence-corrected chi connectivity index (χ4v) is 2.82. The third-order valence-electron chi connectivity index (χ3n) is 4.49. The van der Waals surface area contributed by atoms with Gasteiger partial charge >= 0.3 is 0 Å². The summed E-state index contributed by atoms with van der Waals surface area (Å²) < 4.78 is 0. The van der Waals surface area contributed by atoms with E-state index in [1.165, 1.54) is 19.5 Å². The molecular formula is C14H31N3O. The standard InChI is InChI=1S/C14H31N3O/c1-12(8-14(2,11-18)15-3)17(5)10-13-6-7-16(4)9-13/h12-13,15,18H,6-11H2,1-5H3. The van der Waals surface area contributed by atoms with Gasteiger partial charge in [0.25, 0.3) is 0 Å². The topological polar surface area (TPSA) is 38.7 Å². The molecule has 0 spiro atoms. The second-order valence-electron chi connectivity index (χ2n) is 6.38. The van der Waals surface area contributed by atoms with Crippen LogP contribution in [0.1, 0.15) is 26.7 Å². The van der Waals surface area contributed by atoms with Crippen molar-refractivity contribution in [1.82, 2.24) is 15.1 Å². The Labute approximate surface area is 112 Å². The van der Waals surface area contributed by atoms with E-state index in [1.807, 2.05) is 7.05 Å². The highest BCUT2D eigenvalue weighted by Gasteiger charge is 2.27. The van der Waals surface area contributed by atoms with Gasteiger partial charge in [-0.3, -0.25) is 0 Å². The van der Waals surface area contributed by atoms with Gasteiger partial charge in [-0.15, -0.1) is 0 Å². The van der Waals surface area contributed by atoms with Crippen LogP contribution in [-0.4, -0.2) is 73.9 Å². The van der Waals surface area contributed by atoms with Crippen LogP contribution < -0.4 is 5.32 Å². The van der Waals surface area contributed by atoms with Gasteiger partial charge in [0.2, 0.25) is 0 Å². The normalized spacial score (nSPS) is 26.5. The smallest absolute Gasteiger partial charge is 0.0611 e. The molecule has 1 saturated heterocycles. The van der Waals surface area contributed by atoms with Gasteiger partial charge in [0.1, 0.15) is 0 Å². The Kier molecular flexibility index (Phi) is 6.05. The Balaban J connectivity index is 2.38. The van der Waals surface area contributed by atoms with Gasteiger partial charge in [-0.1, -0.05) is 0 Å². The molecule has 0 aromatic rings. The van der Waals surface area contributed by atoms with Crippen molar-refractivity contribution < 1.29 is 5.11 Å². The number of aliphatic hydroxyl groups is 1. The van der Waals surface area contributed by atoms with E-state index < -0.39 is 0 Å². The van der Waals surface area contributed by atoms with Gasteiger partial charge in [-0.25, -0.2) is 0 Å². The average Bonchev–Trinajstić information content (AvgIpc) is 2.74. The minimum Gasteiger partial charge on any atom is -0.394 e. The molecular weight excluding hydrogens is 226 g/mol. The van der Waals surface area contributed by atoms with E-state index >= 15 is 0 Å². The molecule has 18 heavy (non-hydrogen) atoms. The van der Waals surface area contributed by atoms with Crippen LogP contribution in [0.5, 0.6) is 0 Å². The molecule has 0 aromatic heterocycles. The molecule has 1 aliphatic heterocycles. The number of nitrogens with one attached hydrogen (secondary N) is 1. The molecule has 4 nitrogen and oxygen atoms in total. The first kappa shape index (κ1) is 15.9. The Bertz CT molecular complexity index is 243.